The maximum Gasteiger partial charge on any atom is 0.124 e. The van der Waals surface area contributed by atoms with Crippen LogP contribution in [0.4, 0.5) is 10.1 Å². The van der Waals surface area contributed by atoms with Crippen LogP contribution in [0.5, 0.6) is 11.5 Å². The summed E-state index contributed by atoms with van der Waals surface area (Å²) >= 11 is 5.90. The van der Waals surface area contributed by atoms with E-state index in [9.17, 15) is 9.50 Å². The van der Waals surface area contributed by atoms with E-state index in [1.807, 2.05) is 0 Å². The summed E-state index contributed by atoms with van der Waals surface area (Å²) in [6.45, 7) is 0.376. The molecule has 100 valence electrons. The number of nitrogens with one attached hydrogen (secondary N) is 1. The summed E-state index contributed by atoms with van der Waals surface area (Å²) in [7, 11) is 1.53. The Bertz CT molecular complexity index is 590. The quantitative estimate of drug-likeness (QED) is 0.895. The summed E-state index contributed by atoms with van der Waals surface area (Å²) in [4.78, 5) is 0. The summed E-state index contributed by atoms with van der Waals surface area (Å²) < 4.78 is 17.9. The lowest BCUT2D eigenvalue weighted by Gasteiger charge is -2.10. The molecule has 0 aliphatic carbocycles. The number of phenolic OH excluding ortho intramolecular Hbond substituents is 1. The van der Waals surface area contributed by atoms with Crippen LogP contribution < -0.4 is 10.1 Å². The summed E-state index contributed by atoms with van der Waals surface area (Å²) in [6, 6.07) is 9.14. The van der Waals surface area contributed by atoms with Gasteiger partial charge in [0.2, 0.25) is 0 Å². The zero-order valence-corrected chi connectivity index (χ0v) is 11.0. The number of hydrogen-bond donors (Lipinski definition) is 2. The number of hydrogen-bond acceptors (Lipinski definition) is 3. The highest BCUT2D eigenvalue weighted by Crippen LogP contribution is 2.26. The molecule has 0 spiro atoms. The van der Waals surface area contributed by atoms with Gasteiger partial charge in [-0.25, -0.2) is 4.39 Å². The molecule has 2 aromatic carbocycles. The highest BCUT2D eigenvalue weighted by atomic mass is 35.5. The Kier molecular flexibility index (Phi) is 4.12. The van der Waals surface area contributed by atoms with Crippen molar-refractivity contribution in [2.75, 3.05) is 12.4 Å². The molecule has 19 heavy (non-hydrogen) atoms. The van der Waals surface area contributed by atoms with Crippen LogP contribution in [0.3, 0.4) is 0 Å². The summed E-state index contributed by atoms with van der Waals surface area (Å²) in [5.74, 6) is 0.328. The van der Waals surface area contributed by atoms with E-state index in [1.54, 1.807) is 18.2 Å². The highest BCUT2D eigenvalue weighted by molar-refractivity contribution is 6.33. The van der Waals surface area contributed by atoms with E-state index in [-0.39, 0.29) is 11.6 Å². The average Bonchev–Trinajstić information content (AvgIpc) is 2.39. The number of ether oxygens (including phenoxy) is 1. The summed E-state index contributed by atoms with van der Waals surface area (Å²) in [5, 5.41) is 13.1. The van der Waals surface area contributed by atoms with Crippen LogP contribution in [0.1, 0.15) is 5.56 Å². The third-order valence-corrected chi connectivity index (χ3v) is 3.01. The fraction of sp³-hybridized carbons (Fsp3) is 0.143. The normalized spacial score (nSPS) is 10.3. The van der Waals surface area contributed by atoms with Gasteiger partial charge in [0, 0.05) is 18.2 Å². The summed E-state index contributed by atoms with van der Waals surface area (Å²) in [6.07, 6.45) is 0. The Balaban J connectivity index is 2.10. The average molecular weight is 282 g/mol. The van der Waals surface area contributed by atoms with E-state index >= 15 is 0 Å². The molecule has 2 N–H and O–H groups in total. The Hall–Kier alpha value is -1.94. The lowest BCUT2D eigenvalue weighted by molar-refractivity contribution is 0.406. The predicted molar refractivity (Wildman–Crippen MR) is 73.4 cm³/mol. The molecule has 0 heterocycles. The van der Waals surface area contributed by atoms with Crippen molar-refractivity contribution in [3.8, 4) is 11.5 Å². The number of anilines is 1. The van der Waals surface area contributed by atoms with Gasteiger partial charge in [-0.2, -0.15) is 0 Å². The number of methoxy groups -OCH3 is 1. The van der Waals surface area contributed by atoms with Crippen LogP contribution in [-0.4, -0.2) is 12.2 Å². The molecule has 2 aromatic rings. The van der Waals surface area contributed by atoms with Gasteiger partial charge in [0.15, 0.2) is 0 Å². The number of halogens is 2. The van der Waals surface area contributed by atoms with Gasteiger partial charge in [-0.3, -0.25) is 0 Å². The van der Waals surface area contributed by atoms with Gasteiger partial charge in [0.1, 0.15) is 17.3 Å². The third-order valence-electron chi connectivity index (χ3n) is 2.69. The zero-order valence-electron chi connectivity index (χ0n) is 10.3. The minimum absolute atomic E-state index is 0.130. The van der Waals surface area contributed by atoms with E-state index in [0.29, 0.717) is 28.6 Å². The standard InChI is InChI=1S/C14H13ClFNO2/c1-19-11-4-2-9(14(18)7-11)8-17-13-5-3-10(16)6-12(13)15/h2-7,17-18H,8H2,1H3. The van der Waals surface area contributed by atoms with Crippen molar-refractivity contribution in [2.24, 2.45) is 0 Å². The number of rotatable bonds is 4. The van der Waals surface area contributed by atoms with Crippen molar-refractivity contribution in [1.82, 2.24) is 0 Å². The van der Waals surface area contributed by atoms with Crippen LogP contribution in [0, 0.1) is 5.82 Å². The van der Waals surface area contributed by atoms with Crippen molar-refractivity contribution < 1.29 is 14.2 Å². The van der Waals surface area contributed by atoms with Gasteiger partial charge >= 0.3 is 0 Å². The van der Waals surface area contributed by atoms with Crippen molar-refractivity contribution in [3.63, 3.8) is 0 Å². The predicted octanol–water partition coefficient (Wildman–Crippen LogP) is 3.81. The molecule has 0 amide bonds. The van der Waals surface area contributed by atoms with Gasteiger partial charge in [0.05, 0.1) is 17.8 Å². The lowest BCUT2D eigenvalue weighted by Crippen LogP contribution is -2.00. The molecular weight excluding hydrogens is 269 g/mol. The zero-order chi connectivity index (χ0) is 13.8. The minimum atomic E-state index is -0.386. The fourth-order valence-electron chi connectivity index (χ4n) is 1.64. The molecule has 0 atom stereocenters. The Labute approximate surface area is 115 Å². The second kappa shape index (κ2) is 5.80. The third kappa shape index (κ3) is 3.29. The Morgan fingerprint density at radius 1 is 1.26 bits per heavy atom. The van der Waals surface area contributed by atoms with E-state index in [4.69, 9.17) is 16.3 Å². The number of phenols is 1. The molecule has 5 heteroatoms. The Morgan fingerprint density at radius 2 is 2.05 bits per heavy atom. The van der Waals surface area contributed by atoms with Gasteiger partial charge < -0.3 is 15.2 Å². The minimum Gasteiger partial charge on any atom is -0.507 e. The first-order valence-electron chi connectivity index (χ1n) is 5.65. The largest absolute Gasteiger partial charge is 0.507 e. The highest BCUT2D eigenvalue weighted by Gasteiger charge is 2.05. The first-order chi connectivity index (χ1) is 9.10. The lowest BCUT2D eigenvalue weighted by atomic mass is 10.2. The van der Waals surface area contributed by atoms with Crippen LogP contribution >= 0.6 is 11.6 Å². The fourth-order valence-corrected chi connectivity index (χ4v) is 1.88. The topological polar surface area (TPSA) is 41.5 Å². The SMILES string of the molecule is COc1ccc(CNc2ccc(F)cc2Cl)c(O)c1. The van der Waals surface area contributed by atoms with Crippen LogP contribution in [0.25, 0.3) is 0 Å². The van der Waals surface area contributed by atoms with E-state index in [1.165, 1.54) is 25.3 Å². The van der Waals surface area contributed by atoms with Crippen LogP contribution in [-0.2, 0) is 6.54 Å². The van der Waals surface area contributed by atoms with Crippen molar-refractivity contribution in [2.45, 2.75) is 6.54 Å². The molecule has 0 aromatic heterocycles. The van der Waals surface area contributed by atoms with Crippen molar-refractivity contribution >= 4 is 17.3 Å². The van der Waals surface area contributed by atoms with Crippen LogP contribution in [0.15, 0.2) is 36.4 Å². The number of aromatic hydroxyl groups is 1. The number of benzene rings is 2. The molecule has 3 nitrogen and oxygen atoms in total. The second-order valence-corrected chi connectivity index (χ2v) is 4.38. The molecule has 0 aliphatic rings. The molecule has 0 aliphatic heterocycles. The van der Waals surface area contributed by atoms with Gasteiger partial charge in [-0.1, -0.05) is 11.6 Å². The molecular formula is C14H13ClFNO2. The first kappa shape index (κ1) is 13.5. The maximum absolute atomic E-state index is 12.9. The smallest absolute Gasteiger partial charge is 0.124 e. The van der Waals surface area contributed by atoms with E-state index in [0.717, 1.165) is 0 Å². The van der Waals surface area contributed by atoms with E-state index < -0.39 is 0 Å². The molecule has 0 radical (unpaired) electrons. The molecule has 0 saturated carbocycles. The monoisotopic (exact) mass is 281 g/mol. The molecule has 2 rings (SSSR count). The van der Waals surface area contributed by atoms with Crippen LogP contribution in [0.2, 0.25) is 5.02 Å². The van der Waals surface area contributed by atoms with Gasteiger partial charge in [-0.05, 0) is 30.3 Å². The molecule has 0 fully saturated rings. The second-order valence-electron chi connectivity index (χ2n) is 3.97. The van der Waals surface area contributed by atoms with Gasteiger partial charge in [-0.15, -0.1) is 0 Å². The van der Waals surface area contributed by atoms with Gasteiger partial charge in [0.25, 0.3) is 0 Å². The molecule has 0 bridgehead atoms. The Morgan fingerprint density at radius 3 is 2.68 bits per heavy atom. The molecule has 0 unspecified atom stereocenters. The van der Waals surface area contributed by atoms with E-state index in [2.05, 4.69) is 5.32 Å². The van der Waals surface area contributed by atoms with Crippen molar-refractivity contribution in [1.29, 1.82) is 0 Å². The van der Waals surface area contributed by atoms with Crippen molar-refractivity contribution in [3.05, 3.63) is 52.8 Å². The summed E-state index contributed by atoms with van der Waals surface area (Å²) in [5.41, 5.74) is 1.31. The first-order valence-corrected chi connectivity index (χ1v) is 6.03. The maximum atomic E-state index is 12.9. The molecule has 0 saturated heterocycles.